The molecule has 1 fully saturated rings. The first kappa shape index (κ1) is 15.9. The van der Waals surface area contributed by atoms with Crippen LogP contribution in [0.25, 0.3) is 0 Å². The lowest BCUT2D eigenvalue weighted by atomic mass is 9.87. The Labute approximate surface area is 128 Å². The van der Waals surface area contributed by atoms with Crippen molar-refractivity contribution in [3.05, 3.63) is 29.8 Å². The molecule has 0 aromatic heterocycles. The maximum absolute atomic E-state index is 3.47. The van der Waals surface area contributed by atoms with Crippen molar-refractivity contribution in [3.63, 3.8) is 0 Å². The highest BCUT2D eigenvalue weighted by atomic mass is 32.2. The van der Waals surface area contributed by atoms with Gasteiger partial charge in [-0.05, 0) is 62.8 Å². The molecule has 1 aromatic carbocycles. The van der Waals surface area contributed by atoms with Crippen LogP contribution in [0.1, 0.15) is 64.5 Å². The highest BCUT2D eigenvalue weighted by Crippen LogP contribution is 2.37. The Bertz CT molecular complexity index is 379. The highest BCUT2D eigenvalue weighted by molar-refractivity contribution is 8.00. The van der Waals surface area contributed by atoms with Crippen molar-refractivity contribution in [3.8, 4) is 0 Å². The zero-order chi connectivity index (χ0) is 14.4. The van der Waals surface area contributed by atoms with E-state index in [9.17, 15) is 0 Å². The summed E-state index contributed by atoms with van der Waals surface area (Å²) in [6, 6.07) is 9.64. The third kappa shape index (κ3) is 4.53. The van der Waals surface area contributed by atoms with E-state index in [-0.39, 0.29) is 0 Å². The third-order valence-electron chi connectivity index (χ3n) is 4.56. The van der Waals surface area contributed by atoms with Gasteiger partial charge in [-0.15, -0.1) is 11.8 Å². The summed E-state index contributed by atoms with van der Waals surface area (Å²) in [7, 11) is 0. The van der Waals surface area contributed by atoms with E-state index in [1.165, 1.54) is 42.6 Å². The number of hydrogen-bond donors (Lipinski definition) is 1. The summed E-state index contributed by atoms with van der Waals surface area (Å²) in [6.45, 7) is 7.76. The van der Waals surface area contributed by atoms with E-state index in [0.29, 0.717) is 6.04 Å². The van der Waals surface area contributed by atoms with Crippen LogP contribution in [-0.2, 0) is 0 Å². The van der Waals surface area contributed by atoms with Crippen molar-refractivity contribution in [2.75, 3.05) is 6.54 Å². The van der Waals surface area contributed by atoms with Gasteiger partial charge in [-0.1, -0.05) is 32.4 Å². The molecule has 0 aliphatic heterocycles. The zero-order valence-electron chi connectivity index (χ0n) is 13.2. The minimum Gasteiger partial charge on any atom is -0.310 e. The highest BCUT2D eigenvalue weighted by Gasteiger charge is 2.20. The van der Waals surface area contributed by atoms with Gasteiger partial charge < -0.3 is 5.32 Å². The first-order chi connectivity index (χ1) is 9.72. The molecular weight excluding hydrogens is 262 g/mol. The minimum absolute atomic E-state index is 0.457. The maximum atomic E-state index is 3.47. The summed E-state index contributed by atoms with van der Waals surface area (Å²) >= 11 is 2.09. The van der Waals surface area contributed by atoms with E-state index in [4.69, 9.17) is 0 Å². The van der Waals surface area contributed by atoms with Crippen molar-refractivity contribution in [2.24, 2.45) is 5.92 Å². The van der Waals surface area contributed by atoms with Gasteiger partial charge in [0.25, 0.3) is 0 Å². The van der Waals surface area contributed by atoms with Crippen molar-refractivity contribution < 1.29 is 0 Å². The Morgan fingerprint density at radius 2 is 1.75 bits per heavy atom. The number of nitrogens with one attached hydrogen (secondary N) is 1. The Balaban J connectivity index is 1.85. The molecule has 2 heteroatoms. The predicted molar refractivity (Wildman–Crippen MR) is 90.4 cm³/mol. The minimum atomic E-state index is 0.457. The Morgan fingerprint density at radius 1 is 1.10 bits per heavy atom. The summed E-state index contributed by atoms with van der Waals surface area (Å²) in [5, 5.41) is 4.31. The molecule has 1 atom stereocenters. The fourth-order valence-corrected chi connectivity index (χ4v) is 4.30. The van der Waals surface area contributed by atoms with E-state index in [2.05, 4.69) is 62.1 Å². The number of benzene rings is 1. The summed E-state index contributed by atoms with van der Waals surface area (Å²) in [6.07, 6.45) is 7.04. The van der Waals surface area contributed by atoms with Crippen molar-refractivity contribution >= 4 is 11.8 Å². The van der Waals surface area contributed by atoms with Crippen LogP contribution in [0.3, 0.4) is 0 Å². The fraction of sp³-hybridized carbons (Fsp3) is 0.667. The molecule has 0 heterocycles. The van der Waals surface area contributed by atoms with Crippen LogP contribution in [-0.4, -0.2) is 11.8 Å². The molecule has 1 nitrogen and oxygen atoms in total. The van der Waals surface area contributed by atoms with Crippen molar-refractivity contribution in [1.29, 1.82) is 0 Å². The van der Waals surface area contributed by atoms with Crippen LogP contribution in [0.15, 0.2) is 29.2 Å². The van der Waals surface area contributed by atoms with Gasteiger partial charge in [0.1, 0.15) is 0 Å². The van der Waals surface area contributed by atoms with Crippen LogP contribution in [0.4, 0.5) is 0 Å². The Kier molecular flexibility index (Phi) is 6.44. The van der Waals surface area contributed by atoms with Gasteiger partial charge in [-0.2, -0.15) is 0 Å². The van der Waals surface area contributed by atoms with Gasteiger partial charge in [0.05, 0.1) is 0 Å². The first-order valence-electron chi connectivity index (χ1n) is 8.22. The van der Waals surface area contributed by atoms with Gasteiger partial charge in [-0.25, -0.2) is 0 Å². The quantitative estimate of drug-likeness (QED) is 0.751. The summed E-state index contributed by atoms with van der Waals surface area (Å²) in [4.78, 5) is 1.44. The van der Waals surface area contributed by atoms with Crippen molar-refractivity contribution in [2.45, 2.75) is 69.1 Å². The molecule has 1 aliphatic carbocycles. The maximum Gasteiger partial charge on any atom is 0.0291 e. The number of thioether (sulfide) groups is 1. The molecule has 0 saturated heterocycles. The molecule has 0 radical (unpaired) electrons. The average molecular weight is 292 g/mol. The predicted octanol–water partition coefficient (Wildman–Crippen LogP) is 5.42. The second-order valence-corrected chi connectivity index (χ2v) is 7.39. The Hall–Kier alpha value is -0.470. The second-order valence-electron chi connectivity index (χ2n) is 6.02. The van der Waals surface area contributed by atoms with Gasteiger partial charge >= 0.3 is 0 Å². The van der Waals surface area contributed by atoms with Crippen LogP contribution >= 0.6 is 11.8 Å². The molecule has 20 heavy (non-hydrogen) atoms. The smallest absolute Gasteiger partial charge is 0.0291 e. The molecule has 0 spiro atoms. The monoisotopic (exact) mass is 291 g/mol. The zero-order valence-corrected chi connectivity index (χ0v) is 14.0. The van der Waals surface area contributed by atoms with E-state index in [1.807, 2.05) is 0 Å². The Morgan fingerprint density at radius 3 is 2.30 bits per heavy atom. The van der Waals surface area contributed by atoms with Crippen LogP contribution in [0.5, 0.6) is 0 Å². The third-order valence-corrected chi connectivity index (χ3v) is 5.91. The molecular formula is C18H29NS. The molecule has 1 aromatic rings. The first-order valence-corrected chi connectivity index (χ1v) is 9.10. The average Bonchev–Trinajstić information content (AvgIpc) is 2.49. The normalized spacial score (nSPS) is 24.6. The molecule has 2 rings (SSSR count). The van der Waals surface area contributed by atoms with E-state index in [1.54, 1.807) is 0 Å². The summed E-state index contributed by atoms with van der Waals surface area (Å²) in [5.74, 6) is 0.996. The van der Waals surface area contributed by atoms with Gasteiger partial charge in [-0.3, -0.25) is 0 Å². The van der Waals surface area contributed by atoms with E-state index in [0.717, 1.165) is 17.7 Å². The molecule has 0 amide bonds. The van der Waals surface area contributed by atoms with Crippen LogP contribution in [0, 0.1) is 5.92 Å². The largest absolute Gasteiger partial charge is 0.310 e. The van der Waals surface area contributed by atoms with Crippen LogP contribution in [0.2, 0.25) is 0 Å². The fourth-order valence-electron chi connectivity index (χ4n) is 3.11. The summed E-state index contributed by atoms with van der Waals surface area (Å²) < 4.78 is 0. The molecule has 1 N–H and O–H groups in total. The van der Waals surface area contributed by atoms with Gasteiger partial charge in [0.2, 0.25) is 0 Å². The molecule has 1 unspecified atom stereocenters. The van der Waals surface area contributed by atoms with Crippen molar-refractivity contribution in [1.82, 2.24) is 5.32 Å². The molecule has 1 saturated carbocycles. The standard InChI is InChI=1S/C18H29NS/c1-4-15-6-10-17(11-7-15)20-18-12-8-16(9-13-18)14(3)19-5-2/h8-9,12-15,17,19H,4-7,10-11H2,1-3H3. The van der Waals surface area contributed by atoms with Gasteiger partial charge in [0, 0.05) is 16.2 Å². The lowest BCUT2D eigenvalue weighted by Gasteiger charge is -2.27. The topological polar surface area (TPSA) is 12.0 Å². The number of hydrogen-bond acceptors (Lipinski definition) is 2. The van der Waals surface area contributed by atoms with Crippen LogP contribution < -0.4 is 5.32 Å². The summed E-state index contributed by atoms with van der Waals surface area (Å²) in [5.41, 5.74) is 1.39. The van der Waals surface area contributed by atoms with E-state index >= 15 is 0 Å². The van der Waals surface area contributed by atoms with Gasteiger partial charge in [0.15, 0.2) is 0 Å². The molecule has 1 aliphatic rings. The molecule has 0 bridgehead atoms. The second kappa shape index (κ2) is 8.09. The SMILES string of the molecule is CCNC(C)c1ccc(SC2CCC(CC)CC2)cc1. The molecule has 112 valence electrons. The number of rotatable bonds is 6. The van der Waals surface area contributed by atoms with E-state index < -0.39 is 0 Å². The lowest BCUT2D eigenvalue weighted by molar-refractivity contribution is 0.356. The lowest BCUT2D eigenvalue weighted by Crippen LogP contribution is -2.17.